The molecule has 0 spiro atoms. The summed E-state index contributed by atoms with van der Waals surface area (Å²) in [7, 11) is 0. The molecule has 3 nitrogen and oxygen atoms in total. The summed E-state index contributed by atoms with van der Waals surface area (Å²) in [4.78, 5) is 18.3. The zero-order chi connectivity index (χ0) is 10.8. The summed E-state index contributed by atoms with van der Waals surface area (Å²) >= 11 is 5.08. The highest BCUT2D eigenvalue weighted by Gasteiger charge is 2.28. The molecule has 15 heavy (non-hydrogen) atoms. The molecule has 0 saturated carbocycles. The fourth-order valence-electron chi connectivity index (χ4n) is 1.69. The van der Waals surface area contributed by atoms with Crippen LogP contribution in [0.15, 0.2) is 10.9 Å². The Bertz CT molecular complexity index is 341. The van der Waals surface area contributed by atoms with Gasteiger partial charge in [-0.3, -0.25) is 4.79 Å². The molecule has 0 bridgehead atoms. The predicted octanol–water partition coefficient (Wildman–Crippen LogP) is 2.39. The maximum absolute atomic E-state index is 12.0. The van der Waals surface area contributed by atoms with E-state index in [4.69, 9.17) is 0 Å². The average molecular weight is 289 g/mol. The van der Waals surface area contributed by atoms with Gasteiger partial charge in [-0.15, -0.1) is 11.3 Å². The second-order valence-electron chi connectivity index (χ2n) is 3.91. The molecule has 1 aromatic heterocycles. The number of piperidine rings is 1. The molecule has 1 aliphatic heterocycles. The van der Waals surface area contributed by atoms with Gasteiger partial charge in [-0.1, -0.05) is 22.9 Å². The molecule has 2 heterocycles. The van der Waals surface area contributed by atoms with E-state index in [1.54, 1.807) is 5.51 Å². The number of aromatic nitrogens is 1. The van der Waals surface area contributed by atoms with E-state index in [0.29, 0.717) is 16.4 Å². The van der Waals surface area contributed by atoms with Crippen LogP contribution >= 0.6 is 27.3 Å². The van der Waals surface area contributed by atoms with Gasteiger partial charge in [-0.25, -0.2) is 4.98 Å². The molecule has 82 valence electrons. The fraction of sp³-hybridized carbons (Fsp3) is 0.600. The van der Waals surface area contributed by atoms with E-state index >= 15 is 0 Å². The van der Waals surface area contributed by atoms with Crippen LogP contribution in [-0.2, 0) is 0 Å². The van der Waals surface area contributed by atoms with E-state index in [2.05, 4.69) is 27.8 Å². The van der Waals surface area contributed by atoms with Crippen LogP contribution in [0, 0.1) is 5.92 Å². The quantitative estimate of drug-likeness (QED) is 0.744. The second-order valence-corrected chi connectivity index (χ2v) is 5.80. The molecule has 1 aliphatic rings. The van der Waals surface area contributed by atoms with Crippen LogP contribution in [0.3, 0.4) is 0 Å². The summed E-state index contributed by atoms with van der Waals surface area (Å²) in [5.74, 6) is 0.706. The number of carbonyl (C=O) groups excluding carboxylic acids is 1. The van der Waals surface area contributed by atoms with Gasteiger partial charge in [0.25, 0.3) is 5.91 Å². The van der Waals surface area contributed by atoms with Crippen molar-refractivity contribution in [1.29, 1.82) is 0 Å². The highest BCUT2D eigenvalue weighted by Crippen LogP contribution is 2.24. The number of hydrogen-bond donors (Lipinski definition) is 0. The van der Waals surface area contributed by atoms with E-state index in [0.717, 1.165) is 19.5 Å². The molecule has 0 radical (unpaired) electrons. The Hall–Kier alpha value is -0.420. The predicted molar refractivity (Wildman–Crippen MR) is 64.5 cm³/mol. The normalized spacial score (nSPS) is 26.7. The lowest BCUT2D eigenvalue weighted by atomic mass is 9.99. The summed E-state index contributed by atoms with van der Waals surface area (Å²) in [5.41, 5.74) is 2.28. The van der Waals surface area contributed by atoms with E-state index in [1.807, 2.05) is 10.3 Å². The highest BCUT2D eigenvalue weighted by atomic mass is 79.9. The molecule has 2 rings (SSSR count). The zero-order valence-electron chi connectivity index (χ0n) is 8.52. The molecular formula is C10H13BrN2OS. The minimum Gasteiger partial charge on any atom is -0.336 e. The summed E-state index contributed by atoms with van der Waals surface area (Å²) in [6.07, 6.45) is 1.06. The van der Waals surface area contributed by atoms with Crippen molar-refractivity contribution in [2.75, 3.05) is 13.1 Å². The molecule has 2 atom stereocenters. The Morgan fingerprint density at radius 2 is 2.53 bits per heavy atom. The summed E-state index contributed by atoms with van der Waals surface area (Å²) < 4.78 is 0. The standard InChI is InChI=1S/C10H13BrN2OS/c1-7-2-3-13(4-8(7)11)10(14)9-5-15-6-12-9/h5-8H,2-4H2,1H3. The van der Waals surface area contributed by atoms with Gasteiger partial charge in [0, 0.05) is 23.3 Å². The van der Waals surface area contributed by atoms with Crippen molar-refractivity contribution in [2.45, 2.75) is 18.2 Å². The Morgan fingerprint density at radius 3 is 3.13 bits per heavy atom. The van der Waals surface area contributed by atoms with E-state index in [9.17, 15) is 4.79 Å². The number of nitrogens with zero attached hydrogens (tertiary/aromatic N) is 2. The number of alkyl halides is 1. The van der Waals surface area contributed by atoms with Crippen molar-refractivity contribution in [3.05, 3.63) is 16.6 Å². The third kappa shape index (κ3) is 2.39. The van der Waals surface area contributed by atoms with E-state index in [1.165, 1.54) is 11.3 Å². The Labute approximate surface area is 102 Å². The van der Waals surface area contributed by atoms with Crippen molar-refractivity contribution in [1.82, 2.24) is 9.88 Å². The van der Waals surface area contributed by atoms with Gasteiger partial charge in [0.1, 0.15) is 5.69 Å². The fourth-order valence-corrected chi connectivity index (χ4v) is 2.83. The number of halogens is 1. The van der Waals surface area contributed by atoms with Gasteiger partial charge < -0.3 is 4.90 Å². The van der Waals surface area contributed by atoms with Crippen LogP contribution < -0.4 is 0 Å². The minimum atomic E-state index is 0.0626. The van der Waals surface area contributed by atoms with Crippen molar-refractivity contribution >= 4 is 33.2 Å². The number of hydrogen-bond acceptors (Lipinski definition) is 3. The molecule has 5 heteroatoms. The number of likely N-dealkylation sites (tertiary alicyclic amines) is 1. The largest absolute Gasteiger partial charge is 0.336 e. The summed E-state index contributed by atoms with van der Waals surface area (Å²) in [6, 6.07) is 0. The summed E-state index contributed by atoms with van der Waals surface area (Å²) in [5, 5.41) is 1.81. The Balaban J connectivity index is 2.03. The van der Waals surface area contributed by atoms with E-state index < -0.39 is 0 Å². The molecule has 1 fully saturated rings. The number of thiazole rings is 1. The lowest BCUT2D eigenvalue weighted by Gasteiger charge is -2.33. The lowest BCUT2D eigenvalue weighted by Crippen LogP contribution is -2.43. The Kier molecular flexibility index (Phi) is 3.41. The lowest BCUT2D eigenvalue weighted by molar-refractivity contribution is 0.0701. The number of rotatable bonds is 1. The molecule has 1 amide bonds. The van der Waals surface area contributed by atoms with Gasteiger partial charge >= 0.3 is 0 Å². The monoisotopic (exact) mass is 288 g/mol. The van der Waals surface area contributed by atoms with Crippen LogP contribution in [0.2, 0.25) is 0 Å². The van der Waals surface area contributed by atoms with Gasteiger partial charge in [0.05, 0.1) is 5.51 Å². The molecule has 0 N–H and O–H groups in total. The van der Waals surface area contributed by atoms with Crippen molar-refractivity contribution in [3.8, 4) is 0 Å². The number of amides is 1. The van der Waals surface area contributed by atoms with Crippen LogP contribution in [0.1, 0.15) is 23.8 Å². The molecule has 2 unspecified atom stereocenters. The third-order valence-corrected chi connectivity index (χ3v) is 4.58. The van der Waals surface area contributed by atoms with Gasteiger partial charge in [0.2, 0.25) is 0 Å². The molecule has 0 aromatic carbocycles. The first kappa shape index (κ1) is 11.1. The van der Waals surface area contributed by atoms with Crippen LogP contribution in [0.4, 0.5) is 0 Å². The van der Waals surface area contributed by atoms with Crippen LogP contribution in [0.25, 0.3) is 0 Å². The summed E-state index contributed by atoms with van der Waals surface area (Å²) in [6.45, 7) is 3.85. The second kappa shape index (κ2) is 4.61. The van der Waals surface area contributed by atoms with Crippen molar-refractivity contribution in [3.63, 3.8) is 0 Å². The smallest absolute Gasteiger partial charge is 0.273 e. The first-order chi connectivity index (χ1) is 7.18. The molecular weight excluding hydrogens is 276 g/mol. The number of carbonyl (C=O) groups is 1. The first-order valence-electron chi connectivity index (χ1n) is 5.00. The zero-order valence-corrected chi connectivity index (χ0v) is 10.9. The van der Waals surface area contributed by atoms with Gasteiger partial charge in [-0.2, -0.15) is 0 Å². The molecule has 1 saturated heterocycles. The van der Waals surface area contributed by atoms with Crippen molar-refractivity contribution < 1.29 is 4.79 Å². The van der Waals surface area contributed by atoms with Crippen molar-refractivity contribution in [2.24, 2.45) is 5.92 Å². The topological polar surface area (TPSA) is 33.2 Å². The molecule has 1 aromatic rings. The SMILES string of the molecule is CC1CCN(C(=O)c2cscn2)CC1Br. The average Bonchev–Trinajstić information content (AvgIpc) is 2.74. The molecule has 0 aliphatic carbocycles. The van der Waals surface area contributed by atoms with Gasteiger partial charge in [-0.05, 0) is 12.3 Å². The highest BCUT2D eigenvalue weighted by molar-refractivity contribution is 9.09. The van der Waals surface area contributed by atoms with Gasteiger partial charge in [0.15, 0.2) is 0 Å². The maximum atomic E-state index is 12.0. The van der Waals surface area contributed by atoms with Crippen LogP contribution in [0.5, 0.6) is 0 Å². The maximum Gasteiger partial charge on any atom is 0.273 e. The van der Waals surface area contributed by atoms with Crippen LogP contribution in [-0.4, -0.2) is 33.7 Å². The third-order valence-electron chi connectivity index (χ3n) is 2.81. The minimum absolute atomic E-state index is 0.0626. The first-order valence-corrected chi connectivity index (χ1v) is 6.86. The Morgan fingerprint density at radius 1 is 1.73 bits per heavy atom. The van der Waals surface area contributed by atoms with E-state index in [-0.39, 0.29) is 5.91 Å².